The zero-order chi connectivity index (χ0) is 19.1. The highest BCUT2D eigenvalue weighted by Crippen LogP contribution is 2.27. The molecule has 0 radical (unpaired) electrons. The fourth-order valence-electron chi connectivity index (χ4n) is 3.59. The van der Waals surface area contributed by atoms with E-state index >= 15 is 0 Å². The summed E-state index contributed by atoms with van der Waals surface area (Å²) in [5, 5.41) is 0. The van der Waals surface area contributed by atoms with E-state index in [0.29, 0.717) is 9.49 Å². The molecule has 2 aromatic carbocycles. The summed E-state index contributed by atoms with van der Waals surface area (Å²) >= 11 is 1.40. The van der Waals surface area contributed by atoms with Crippen LogP contribution in [0.5, 0.6) is 5.75 Å². The van der Waals surface area contributed by atoms with E-state index in [2.05, 4.69) is 16.0 Å². The van der Waals surface area contributed by atoms with Crippen LogP contribution < -0.4 is 19.7 Å². The average Bonchev–Trinajstić information content (AvgIpc) is 3.25. The van der Waals surface area contributed by atoms with Crippen LogP contribution in [0.3, 0.4) is 0 Å². The Hall–Kier alpha value is -2.90. The van der Waals surface area contributed by atoms with Gasteiger partial charge >= 0.3 is 0 Å². The molecule has 2 aromatic heterocycles. The molecular weight excluding hydrogens is 374 g/mol. The highest BCUT2D eigenvalue weighted by atomic mass is 32.1. The van der Waals surface area contributed by atoms with Gasteiger partial charge in [0.25, 0.3) is 5.56 Å². The summed E-state index contributed by atoms with van der Waals surface area (Å²) in [6.07, 6.45) is 1.89. The number of nitrogens with zero attached hydrogens (tertiary/aromatic N) is 3. The molecule has 6 nitrogen and oxygen atoms in total. The smallest absolute Gasteiger partial charge is 0.274 e. The van der Waals surface area contributed by atoms with Crippen LogP contribution in [0.15, 0.2) is 47.3 Å². The van der Waals surface area contributed by atoms with Crippen molar-refractivity contribution < 1.29 is 9.47 Å². The molecule has 5 rings (SSSR count). The lowest BCUT2D eigenvalue weighted by Gasteiger charge is -2.29. The molecule has 1 aliphatic heterocycles. The molecule has 4 aromatic rings. The lowest BCUT2D eigenvalue weighted by Crippen LogP contribution is -2.36. The fraction of sp³-hybridized carbons (Fsp3) is 0.238. The molecule has 7 heteroatoms. The van der Waals surface area contributed by atoms with Crippen molar-refractivity contribution in [3.05, 3.63) is 62.9 Å². The highest BCUT2D eigenvalue weighted by Gasteiger charge is 2.14. The van der Waals surface area contributed by atoms with Crippen molar-refractivity contribution in [2.45, 2.75) is 0 Å². The third-order valence-electron chi connectivity index (χ3n) is 5.03. The number of aromatic nitrogens is 2. The van der Waals surface area contributed by atoms with Crippen molar-refractivity contribution in [2.24, 2.45) is 0 Å². The zero-order valence-electron chi connectivity index (χ0n) is 15.4. The molecule has 3 heterocycles. The molecule has 28 heavy (non-hydrogen) atoms. The van der Waals surface area contributed by atoms with Gasteiger partial charge in [0.15, 0.2) is 4.96 Å². The minimum atomic E-state index is -0.0481. The minimum absolute atomic E-state index is 0.0481. The Balaban J connectivity index is 1.60. The van der Waals surface area contributed by atoms with Gasteiger partial charge in [0.05, 0.1) is 35.9 Å². The van der Waals surface area contributed by atoms with Gasteiger partial charge in [0.2, 0.25) is 0 Å². The van der Waals surface area contributed by atoms with Crippen LogP contribution >= 0.6 is 11.3 Å². The molecular formula is C21H19N3O3S. The SMILES string of the molecule is COc1cc(N2CCOCC2)ccc1C=c1sc2nc3ccccc3n2c1=O. The van der Waals surface area contributed by atoms with Gasteiger partial charge < -0.3 is 14.4 Å². The van der Waals surface area contributed by atoms with Crippen LogP contribution in [-0.2, 0) is 4.74 Å². The van der Waals surface area contributed by atoms with Crippen molar-refractivity contribution in [3.63, 3.8) is 0 Å². The fourth-order valence-corrected chi connectivity index (χ4v) is 4.57. The van der Waals surface area contributed by atoms with Gasteiger partial charge in [-0.15, -0.1) is 0 Å². The molecule has 0 aliphatic carbocycles. The van der Waals surface area contributed by atoms with Crippen LogP contribution in [0.2, 0.25) is 0 Å². The molecule has 142 valence electrons. The normalized spacial score (nSPS) is 15.6. The van der Waals surface area contributed by atoms with Gasteiger partial charge in [-0.2, -0.15) is 0 Å². The van der Waals surface area contributed by atoms with Crippen LogP contribution in [0.25, 0.3) is 22.1 Å². The van der Waals surface area contributed by atoms with E-state index in [1.807, 2.05) is 42.5 Å². The van der Waals surface area contributed by atoms with Gasteiger partial charge in [0.1, 0.15) is 5.75 Å². The number of hydrogen-bond donors (Lipinski definition) is 0. The lowest BCUT2D eigenvalue weighted by molar-refractivity contribution is 0.122. The number of imidazole rings is 1. The van der Waals surface area contributed by atoms with E-state index in [4.69, 9.17) is 9.47 Å². The summed E-state index contributed by atoms with van der Waals surface area (Å²) in [6, 6.07) is 13.8. The Kier molecular flexibility index (Phi) is 4.26. The van der Waals surface area contributed by atoms with Gasteiger partial charge in [-0.1, -0.05) is 23.5 Å². The predicted octanol–water partition coefficient (Wildman–Crippen LogP) is 2.30. The molecule has 0 unspecified atom stereocenters. The largest absolute Gasteiger partial charge is 0.496 e. The zero-order valence-corrected chi connectivity index (χ0v) is 16.2. The first-order valence-electron chi connectivity index (χ1n) is 9.17. The lowest BCUT2D eigenvalue weighted by atomic mass is 10.1. The number of rotatable bonds is 3. The Morgan fingerprint density at radius 3 is 2.82 bits per heavy atom. The quantitative estimate of drug-likeness (QED) is 0.535. The standard InChI is InChI=1S/C21H19N3O3S/c1-26-18-13-15(23-8-10-27-11-9-23)7-6-14(18)12-19-20(25)24-17-5-3-2-4-16(17)22-21(24)28-19/h2-7,12-13H,8-11H2,1H3. The molecule has 0 amide bonds. The van der Waals surface area contributed by atoms with Crippen molar-refractivity contribution in [3.8, 4) is 5.75 Å². The Morgan fingerprint density at radius 1 is 1.18 bits per heavy atom. The van der Waals surface area contributed by atoms with Crippen LogP contribution in [0.1, 0.15) is 5.56 Å². The number of morpholine rings is 1. The average molecular weight is 393 g/mol. The summed E-state index contributed by atoms with van der Waals surface area (Å²) in [6.45, 7) is 3.20. The van der Waals surface area contributed by atoms with Gasteiger partial charge in [-0.25, -0.2) is 9.38 Å². The number of thiazole rings is 1. The molecule has 0 N–H and O–H groups in total. The monoisotopic (exact) mass is 393 g/mol. The number of methoxy groups -OCH3 is 1. The first-order chi connectivity index (χ1) is 13.7. The maximum Gasteiger partial charge on any atom is 0.274 e. The third kappa shape index (κ3) is 2.83. The van der Waals surface area contributed by atoms with Crippen LogP contribution in [-0.4, -0.2) is 42.8 Å². The van der Waals surface area contributed by atoms with E-state index in [0.717, 1.165) is 54.3 Å². The molecule has 0 atom stereocenters. The summed E-state index contributed by atoms with van der Waals surface area (Å²) in [4.78, 5) is 20.5. The topological polar surface area (TPSA) is 56.1 Å². The second-order valence-corrected chi connectivity index (χ2v) is 7.67. The van der Waals surface area contributed by atoms with E-state index in [1.165, 1.54) is 11.3 Å². The summed E-state index contributed by atoms with van der Waals surface area (Å²) < 4.78 is 13.4. The van der Waals surface area contributed by atoms with Crippen LogP contribution in [0.4, 0.5) is 5.69 Å². The van der Waals surface area contributed by atoms with E-state index in [-0.39, 0.29) is 5.56 Å². The maximum absolute atomic E-state index is 13.0. The summed E-state index contributed by atoms with van der Waals surface area (Å²) in [5.41, 5.74) is 3.61. The molecule has 0 bridgehead atoms. The van der Waals surface area contributed by atoms with Crippen molar-refractivity contribution in [2.75, 3.05) is 38.3 Å². The number of benzene rings is 2. The van der Waals surface area contributed by atoms with E-state index < -0.39 is 0 Å². The first-order valence-corrected chi connectivity index (χ1v) is 9.99. The Morgan fingerprint density at radius 2 is 2.00 bits per heavy atom. The van der Waals surface area contributed by atoms with Crippen molar-refractivity contribution >= 4 is 39.1 Å². The van der Waals surface area contributed by atoms with Crippen molar-refractivity contribution in [1.29, 1.82) is 0 Å². The predicted molar refractivity (Wildman–Crippen MR) is 112 cm³/mol. The van der Waals surface area contributed by atoms with Gasteiger partial charge in [-0.3, -0.25) is 4.79 Å². The number of hydrogen-bond acceptors (Lipinski definition) is 6. The summed E-state index contributed by atoms with van der Waals surface area (Å²) in [5.74, 6) is 0.749. The van der Waals surface area contributed by atoms with Gasteiger partial charge in [0, 0.05) is 30.4 Å². The summed E-state index contributed by atoms with van der Waals surface area (Å²) in [7, 11) is 1.66. The molecule has 0 saturated carbocycles. The highest BCUT2D eigenvalue weighted by molar-refractivity contribution is 7.15. The Labute approximate surface area is 165 Å². The van der Waals surface area contributed by atoms with Gasteiger partial charge in [-0.05, 0) is 30.3 Å². The first kappa shape index (κ1) is 17.2. The molecule has 1 fully saturated rings. The third-order valence-corrected chi connectivity index (χ3v) is 5.99. The number of anilines is 1. The molecule has 0 spiro atoms. The van der Waals surface area contributed by atoms with E-state index in [9.17, 15) is 4.79 Å². The molecule has 1 aliphatic rings. The Bertz CT molecular complexity index is 1270. The second kappa shape index (κ2) is 6.92. The van der Waals surface area contributed by atoms with E-state index in [1.54, 1.807) is 11.5 Å². The van der Waals surface area contributed by atoms with Crippen LogP contribution in [0, 0.1) is 0 Å². The number of ether oxygens (including phenoxy) is 2. The number of fused-ring (bicyclic) bond motifs is 3. The van der Waals surface area contributed by atoms with Crippen molar-refractivity contribution in [1.82, 2.24) is 9.38 Å². The number of para-hydroxylation sites is 2. The maximum atomic E-state index is 13.0. The molecule has 1 saturated heterocycles. The minimum Gasteiger partial charge on any atom is -0.496 e. The second-order valence-electron chi connectivity index (χ2n) is 6.66.